The van der Waals surface area contributed by atoms with Gasteiger partial charge >= 0.3 is 6.09 Å². The number of carbonyl (C=O) groups excluding carboxylic acids is 2. The maximum atomic E-state index is 13.8. The van der Waals surface area contributed by atoms with Gasteiger partial charge in [0.15, 0.2) is 0 Å². The molecule has 0 unspecified atom stereocenters. The number of nitrogens with one attached hydrogen (secondary N) is 2. The standard InChI is InChI=1S/C31H36Cl2N4O6S/c1-19-17-20(2)36-28-21(19)9-6-11-25(28)42-18-22-23(32)12-13-26(27(22)33)44(40,41)37-16-7-10-24(37)29(38)34-14-8-15-35-30(39)43-31(3,4)5/h6,9-13,17H,7-8,14-16,18H2,1-5H3,(H,34,38)(H,35,39). The number of benzene rings is 2. The van der Waals surface area contributed by atoms with Gasteiger partial charge in [-0.15, -0.1) is 0 Å². The Morgan fingerprint density at radius 2 is 1.80 bits per heavy atom. The Morgan fingerprint density at radius 1 is 1.07 bits per heavy atom. The van der Waals surface area contributed by atoms with Gasteiger partial charge in [0.1, 0.15) is 34.1 Å². The molecule has 2 heterocycles. The number of nitrogens with zero attached hydrogens (tertiary/aromatic N) is 2. The summed E-state index contributed by atoms with van der Waals surface area (Å²) in [6.45, 7) is 9.65. The molecule has 2 amide bonds. The molecule has 0 atom stereocenters. The third-order valence-corrected chi connectivity index (χ3v) is 9.46. The zero-order valence-corrected chi connectivity index (χ0v) is 27.6. The number of pyridine rings is 1. The first-order valence-corrected chi connectivity index (χ1v) is 16.3. The largest absolute Gasteiger partial charge is 0.487 e. The first-order chi connectivity index (χ1) is 20.7. The number of aryl methyl sites for hydroxylation is 2. The molecule has 0 spiro atoms. The van der Waals surface area contributed by atoms with E-state index in [4.69, 9.17) is 32.7 Å². The number of ether oxygens (including phenoxy) is 2. The van der Waals surface area contributed by atoms with Crippen molar-refractivity contribution in [3.05, 3.63) is 75.0 Å². The summed E-state index contributed by atoms with van der Waals surface area (Å²) in [4.78, 5) is 29.2. The van der Waals surface area contributed by atoms with Crippen LogP contribution in [0.25, 0.3) is 10.9 Å². The first-order valence-electron chi connectivity index (χ1n) is 14.1. The monoisotopic (exact) mass is 662 g/mol. The van der Waals surface area contributed by atoms with Crippen molar-refractivity contribution in [2.24, 2.45) is 0 Å². The predicted molar refractivity (Wildman–Crippen MR) is 170 cm³/mol. The van der Waals surface area contributed by atoms with Gasteiger partial charge in [0.05, 0.1) is 5.02 Å². The molecule has 1 aromatic heterocycles. The van der Waals surface area contributed by atoms with E-state index in [2.05, 4.69) is 15.6 Å². The highest BCUT2D eigenvalue weighted by atomic mass is 35.5. The van der Waals surface area contributed by atoms with Gasteiger partial charge < -0.3 is 20.1 Å². The number of hydrogen-bond donors (Lipinski definition) is 2. The minimum atomic E-state index is -4.22. The molecule has 3 aromatic rings. The molecule has 44 heavy (non-hydrogen) atoms. The summed E-state index contributed by atoms with van der Waals surface area (Å²) in [7, 11) is -4.22. The molecule has 236 valence electrons. The molecular weight excluding hydrogens is 627 g/mol. The highest BCUT2D eigenvalue weighted by molar-refractivity contribution is 7.89. The van der Waals surface area contributed by atoms with Gasteiger partial charge in [0.2, 0.25) is 0 Å². The van der Waals surface area contributed by atoms with Crippen molar-refractivity contribution in [3.8, 4) is 5.75 Å². The van der Waals surface area contributed by atoms with Crippen LogP contribution >= 0.6 is 23.2 Å². The SMILES string of the molecule is Cc1cc(C)c2cccc(OCc3c(Cl)ccc(S(=O)(=O)N4CCC=C4C(=O)NCCCNC(=O)OC(C)(C)C)c3Cl)c2n1. The maximum absolute atomic E-state index is 13.8. The average Bonchev–Trinajstić information content (AvgIpc) is 3.43. The van der Waals surface area contributed by atoms with Crippen molar-refractivity contribution in [1.82, 2.24) is 19.9 Å². The van der Waals surface area contributed by atoms with E-state index in [1.807, 2.05) is 32.0 Å². The lowest BCUT2D eigenvalue weighted by Crippen LogP contribution is -2.38. The lowest BCUT2D eigenvalue weighted by atomic mass is 10.1. The Bertz CT molecular complexity index is 1720. The van der Waals surface area contributed by atoms with E-state index < -0.39 is 27.6 Å². The lowest BCUT2D eigenvalue weighted by molar-refractivity contribution is -0.118. The highest BCUT2D eigenvalue weighted by Crippen LogP contribution is 2.36. The fraction of sp³-hybridized carbons (Fsp3) is 0.387. The molecule has 1 aliphatic rings. The van der Waals surface area contributed by atoms with Crippen LogP contribution in [0, 0.1) is 13.8 Å². The van der Waals surface area contributed by atoms with Crippen LogP contribution in [0.2, 0.25) is 10.0 Å². The second-order valence-electron chi connectivity index (χ2n) is 11.4. The number of para-hydroxylation sites is 1. The van der Waals surface area contributed by atoms with Gasteiger partial charge in [-0.1, -0.05) is 41.4 Å². The maximum Gasteiger partial charge on any atom is 0.407 e. The van der Waals surface area contributed by atoms with Crippen LogP contribution in [0.3, 0.4) is 0 Å². The molecule has 0 fully saturated rings. The molecule has 0 saturated heterocycles. The van der Waals surface area contributed by atoms with Gasteiger partial charge in [0, 0.05) is 41.3 Å². The third-order valence-electron chi connectivity index (χ3n) is 6.71. The number of carbonyl (C=O) groups is 2. The van der Waals surface area contributed by atoms with E-state index >= 15 is 0 Å². The van der Waals surface area contributed by atoms with Crippen molar-refractivity contribution in [2.75, 3.05) is 19.6 Å². The lowest BCUT2D eigenvalue weighted by Gasteiger charge is -2.23. The molecule has 0 aliphatic carbocycles. The van der Waals surface area contributed by atoms with Crippen LogP contribution in [0.5, 0.6) is 5.75 Å². The zero-order chi connectivity index (χ0) is 32.2. The summed E-state index contributed by atoms with van der Waals surface area (Å²) in [6.07, 6.45) is 1.79. The van der Waals surface area contributed by atoms with Gasteiger partial charge in [-0.25, -0.2) is 18.2 Å². The number of hydrogen-bond acceptors (Lipinski definition) is 7. The van der Waals surface area contributed by atoms with Gasteiger partial charge in [-0.05, 0) is 77.3 Å². The molecule has 0 bridgehead atoms. The summed E-state index contributed by atoms with van der Waals surface area (Å²) in [5, 5.41) is 6.42. The van der Waals surface area contributed by atoms with Crippen LogP contribution in [-0.2, 0) is 26.2 Å². The summed E-state index contributed by atoms with van der Waals surface area (Å²) in [5.41, 5.74) is 2.25. The predicted octanol–water partition coefficient (Wildman–Crippen LogP) is 6.05. The molecule has 2 aromatic carbocycles. The van der Waals surface area contributed by atoms with Gasteiger partial charge in [-0.3, -0.25) is 9.10 Å². The third kappa shape index (κ3) is 7.75. The van der Waals surface area contributed by atoms with E-state index in [0.717, 1.165) is 20.9 Å². The normalized spacial score (nSPS) is 13.5. The Hall–Kier alpha value is -3.54. The number of alkyl carbamates (subject to hydrolysis) is 1. The van der Waals surface area contributed by atoms with E-state index in [9.17, 15) is 18.0 Å². The highest BCUT2D eigenvalue weighted by Gasteiger charge is 2.35. The Morgan fingerprint density at radius 3 is 2.52 bits per heavy atom. The van der Waals surface area contributed by atoms with Crippen LogP contribution in [0.1, 0.15) is 50.4 Å². The van der Waals surface area contributed by atoms with Crippen LogP contribution in [0.15, 0.2) is 53.1 Å². The summed E-state index contributed by atoms with van der Waals surface area (Å²) in [5.74, 6) is -0.0385. The molecular formula is C31H36Cl2N4O6S. The van der Waals surface area contributed by atoms with Crippen molar-refractivity contribution >= 4 is 56.1 Å². The molecule has 0 radical (unpaired) electrons. The second-order valence-corrected chi connectivity index (χ2v) is 14.0. The number of aromatic nitrogens is 1. The Kier molecular flexibility index (Phi) is 10.3. The fourth-order valence-electron chi connectivity index (χ4n) is 4.73. The smallest absolute Gasteiger partial charge is 0.407 e. The number of rotatable bonds is 10. The summed E-state index contributed by atoms with van der Waals surface area (Å²) in [6, 6.07) is 10.4. The van der Waals surface area contributed by atoms with E-state index in [-0.39, 0.29) is 46.9 Å². The Balaban J connectivity index is 1.45. The number of halogens is 2. The summed E-state index contributed by atoms with van der Waals surface area (Å²) < 4.78 is 39.9. The molecule has 1 aliphatic heterocycles. The topological polar surface area (TPSA) is 127 Å². The number of sulfonamides is 1. The zero-order valence-electron chi connectivity index (χ0n) is 25.3. The molecule has 0 saturated carbocycles. The van der Waals surface area contributed by atoms with Crippen molar-refractivity contribution < 1.29 is 27.5 Å². The second kappa shape index (κ2) is 13.6. The summed E-state index contributed by atoms with van der Waals surface area (Å²) >= 11 is 13.1. The molecule has 10 nitrogen and oxygen atoms in total. The first kappa shape index (κ1) is 33.4. The van der Waals surface area contributed by atoms with E-state index in [1.165, 1.54) is 12.1 Å². The Labute approximate surface area is 267 Å². The number of fused-ring (bicyclic) bond motifs is 1. The van der Waals surface area contributed by atoms with Crippen molar-refractivity contribution in [3.63, 3.8) is 0 Å². The van der Waals surface area contributed by atoms with Crippen LogP contribution < -0.4 is 15.4 Å². The molecule has 13 heteroatoms. The van der Waals surface area contributed by atoms with Gasteiger partial charge in [0.25, 0.3) is 15.9 Å². The van der Waals surface area contributed by atoms with E-state index in [0.29, 0.717) is 29.7 Å². The van der Waals surface area contributed by atoms with Crippen LogP contribution in [-0.4, -0.2) is 54.9 Å². The van der Waals surface area contributed by atoms with E-state index in [1.54, 1.807) is 32.9 Å². The van der Waals surface area contributed by atoms with Crippen molar-refractivity contribution in [1.29, 1.82) is 0 Å². The molecule has 2 N–H and O–H groups in total. The van der Waals surface area contributed by atoms with Crippen LogP contribution in [0.4, 0.5) is 4.79 Å². The average molecular weight is 664 g/mol. The quantitative estimate of drug-likeness (QED) is 0.253. The fourth-order valence-corrected chi connectivity index (χ4v) is 7.09. The minimum Gasteiger partial charge on any atom is -0.487 e. The molecule has 4 rings (SSSR count). The minimum absolute atomic E-state index is 0.00138. The van der Waals surface area contributed by atoms with Crippen molar-refractivity contribution in [2.45, 2.75) is 64.6 Å². The van der Waals surface area contributed by atoms with Gasteiger partial charge in [-0.2, -0.15) is 0 Å². The number of amides is 2.